The molecule has 2 unspecified atom stereocenters. The summed E-state index contributed by atoms with van der Waals surface area (Å²) in [6.45, 7) is 4.71. The third kappa shape index (κ3) is 5.12. The zero-order valence-electron chi connectivity index (χ0n) is 33.4. The average molecular weight is 757 g/mol. The van der Waals surface area contributed by atoms with Crippen molar-refractivity contribution in [3.63, 3.8) is 0 Å². The summed E-state index contributed by atoms with van der Waals surface area (Å²) in [4.78, 5) is 2.39. The van der Waals surface area contributed by atoms with Gasteiger partial charge < -0.3 is 9.47 Å². The number of fused-ring (bicyclic) bond motifs is 11. The number of anilines is 3. The van der Waals surface area contributed by atoms with E-state index in [-0.39, 0.29) is 5.41 Å². The van der Waals surface area contributed by atoms with E-state index in [1.807, 2.05) is 0 Å². The average Bonchev–Trinajstić information content (AvgIpc) is 3.76. The van der Waals surface area contributed by atoms with Crippen LogP contribution in [-0.4, -0.2) is 4.57 Å². The standard InChI is InChI=1S/C57H44N2/c1-57(2)51-22-12-10-19-46(51)47-35-33-43(36-52(47)57)58(40-15-4-3-5-16-40)41-29-24-37(25-30-41)38-26-31-42(32-27-38)59-53-23-13-11-21-50(53)55-54-44-17-7-6-14-39(44)28-34-48(54)45-18-8-9-20-49(45)56(55)59/h3-7,9-17,19-36,45,48H,8,18H2,1-2H3. The fourth-order valence-corrected chi connectivity index (χ4v) is 10.9. The van der Waals surface area contributed by atoms with Crippen LogP contribution in [0.5, 0.6) is 0 Å². The molecule has 2 nitrogen and oxygen atoms in total. The number of benzene rings is 7. The SMILES string of the molecule is CC1(C)c2ccccc2-c2ccc(N(c3ccccc3)c3ccc(-c4ccc(-n5c6c(c7ccccc75)=C5c7ccccc7C=CC5C5CCC=CC=65)cc4)cc3)cc21. The van der Waals surface area contributed by atoms with Gasteiger partial charge in [0.15, 0.2) is 0 Å². The van der Waals surface area contributed by atoms with Crippen molar-refractivity contribution in [2.75, 3.05) is 4.90 Å². The van der Waals surface area contributed by atoms with Crippen LogP contribution in [0.1, 0.15) is 48.9 Å². The van der Waals surface area contributed by atoms with Crippen LogP contribution in [0, 0.1) is 11.8 Å². The van der Waals surface area contributed by atoms with E-state index >= 15 is 0 Å². The van der Waals surface area contributed by atoms with E-state index in [1.54, 1.807) is 0 Å². The summed E-state index contributed by atoms with van der Waals surface area (Å²) in [7, 11) is 0. The Morgan fingerprint density at radius 2 is 1.24 bits per heavy atom. The Hall–Kier alpha value is -6.90. The van der Waals surface area contributed by atoms with Crippen LogP contribution in [0.2, 0.25) is 0 Å². The Labute approximate surface area is 346 Å². The van der Waals surface area contributed by atoms with Gasteiger partial charge in [0.25, 0.3) is 0 Å². The fourth-order valence-electron chi connectivity index (χ4n) is 10.9. The normalized spacial score (nSPS) is 17.8. The maximum absolute atomic E-state index is 2.55. The Bertz CT molecular complexity index is 3180. The first kappa shape index (κ1) is 34.2. The second-order valence-corrected chi connectivity index (χ2v) is 17.2. The van der Waals surface area contributed by atoms with Crippen molar-refractivity contribution in [1.29, 1.82) is 0 Å². The number of rotatable bonds is 5. The predicted octanol–water partition coefficient (Wildman–Crippen LogP) is 13.0. The lowest BCUT2D eigenvalue weighted by atomic mass is 9.68. The van der Waals surface area contributed by atoms with Gasteiger partial charge in [-0.3, -0.25) is 0 Å². The number of hydrogen-bond acceptors (Lipinski definition) is 1. The topological polar surface area (TPSA) is 8.17 Å². The van der Waals surface area contributed by atoms with Crippen LogP contribution in [0.25, 0.3) is 56.1 Å². The first-order valence-electron chi connectivity index (χ1n) is 21.2. The molecule has 0 spiro atoms. The highest BCUT2D eigenvalue weighted by Gasteiger charge is 2.37. The lowest BCUT2D eigenvalue weighted by Crippen LogP contribution is -2.42. The summed E-state index contributed by atoms with van der Waals surface area (Å²) >= 11 is 0. The lowest BCUT2D eigenvalue weighted by molar-refractivity contribution is 0.527. The first-order valence-corrected chi connectivity index (χ1v) is 21.2. The molecule has 1 heterocycles. The minimum Gasteiger partial charge on any atom is -0.310 e. The smallest absolute Gasteiger partial charge is 0.0579 e. The zero-order valence-corrected chi connectivity index (χ0v) is 33.4. The molecule has 0 radical (unpaired) electrons. The van der Waals surface area contributed by atoms with Crippen molar-refractivity contribution in [3.05, 3.63) is 221 Å². The third-order valence-electron chi connectivity index (χ3n) is 13.7. The quantitative estimate of drug-likeness (QED) is 0.170. The fraction of sp³-hybridized carbons (Fsp3) is 0.123. The van der Waals surface area contributed by atoms with Crippen molar-refractivity contribution in [3.8, 4) is 27.9 Å². The van der Waals surface area contributed by atoms with Crippen LogP contribution in [0.15, 0.2) is 188 Å². The minimum absolute atomic E-state index is 0.0695. The molecule has 0 fully saturated rings. The molecule has 0 N–H and O–H groups in total. The van der Waals surface area contributed by atoms with Gasteiger partial charge in [0.05, 0.1) is 10.9 Å². The van der Waals surface area contributed by atoms with E-state index in [2.05, 4.69) is 217 Å². The Kier molecular flexibility index (Phi) is 7.56. The molecule has 0 bridgehead atoms. The monoisotopic (exact) mass is 756 g/mol. The van der Waals surface area contributed by atoms with Gasteiger partial charge in [-0.2, -0.15) is 0 Å². The molecule has 2 heteroatoms. The summed E-state index contributed by atoms with van der Waals surface area (Å²) < 4.78 is 2.55. The van der Waals surface area contributed by atoms with Gasteiger partial charge >= 0.3 is 0 Å². The first-order chi connectivity index (χ1) is 29.0. The Morgan fingerprint density at radius 1 is 0.576 bits per heavy atom. The molecule has 2 atom stereocenters. The second kappa shape index (κ2) is 13.1. The van der Waals surface area contributed by atoms with Gasteiger partial charge in [0, 0.05) is 44.7 Å². The highest BCUT2D eigenvalue weighted by Crippen LogP contribution is 2.51. The molecular weight excluding hydrogens is 713 g/mol. The maximum atomic E-state index is 2.55. The predicted molar refractivity (Wildman–Crippen MR) is 247 cm³/mol. The summed E-state index contributed by atoms with van der Waals surface area (Å²) in [5.41, 5.74) is 19.4. The summed E-state index contributed by atoms with van der Waals surface area (Å²) in [5.74, 6) is 0.842. The second-order valence-electron chi connectivity index (χ2n) is 17.2. The Morgan fingerprint density at radius 3 is 2.07 bits per heavy atom. The van der Waals surface area contributed by atoms with Gasteiger partial charge in [-0.1, -0.05) is 153 Å². The van der Waals surface area contributed by atoms with E-state index in [1.165, 1.54) is 94.9 Å². The largest absolute Gasteiger partial charge is 0.310 e. The molecule has 7 aromatic carbocycles. The molecular formula is C57H44N2. The van der Waals surface area contributed by atoms with Crippen molar-refractivity contribution >= 4 is 45.2 Å². The van der Waals surface area contributed by atoms with Gasteiger partial charge in [-0.05, 0) is 129 Å². The zero-order chi connectivity index (χ0) is 39.2. The molecule has 4 aliphatic carbocycles. The van der Waals surface area contributed by atoms with Crippen molar-refractivity contribution in [1.82, 2.24) is 4.57 Å². The summed E-state index contributed by atoms with van der Waals surface area (Å²) in [6, 6.07) is 63.0. The van der Waals surface area contributed by atoms with E-state index in [4.69, 9.17) is 0 Å². The lowest BCUT2D eigenvalue weighted by Gasteiger charge is -2.36. The number of para-hydroxylation sites is 2. The van der Waals surface area contributed by atoms with Crippen LogP contribution in [-0.2, 0) is 5.41 Å². The van der Waals surface area contributed by atoms with Gasteiger partial charge in [0.1, 0.15) is 0 Å². The van der Waals surface area contributed by atoms with Gasteiger partial charge in [-0.15, -0.1) is 0 Å². The van der Waals surface area contributed by atoms with Crippen molar-refractivity contribution in [2.45, 2.75) is 32.1 Å². The van der Waals surface area contributed by atoms with Crippen LogP contribution >= 0.6 is 0 Å². The molecule has 59 heavy (non-hydrogen) atoms. The maximum Gasteiger partial charge on any atom is 0.0579 e. The molecule has 0 saturated carbocycles. The highest BCUT2D eigenvalue weighted by atomic mass is 15.1. The number of nitrogens with zero attached hydrogens (tertiary/aromatic N) is 2. The highest BCUT2D eigenvalue weighted by molar-refractivity contribution is 5.94. The molecule has 12 rings (SSSR count). The number of hydrogen-bond donors (Lipinski definition) is 0. The van der Waals surface area contributed by atoms with Crippen molar-refractivity contribution < 1.29 is 0 Å². The number of aromatic nitrogens is 1. The molecule has 0 aliphatic heterocycles. The van der Waals surface area contributed by atoms with Gasteiger partial charge in [-0.25, -0.2) is 0 Å². The van der Waals surface area contributed by atoms with Crippen LogP contribution in [0.4, 0.5) is 17.1 Å². The summed E-state index contributed by atoms with van der Waals surface area (Å²) in [5, 5.41) is 4.09. The van der Waals surface area contributed by atoms with E-state index in [0.29, 0.717) is 11.8 Å². The number of allylic oxidation sites excluding steroid dienone is 3. The van der Waals surface area contributed by atoms with Crippen LogP contribution < -0.4 is 15.5 Å². The Balaban J connectivity index is 0.950. The molecule has 0 amide bonds. The molecule has 0 saturated heterocycles. The van der Waals surface area contributed by atoms with Gasteiger partial charge in [0.2, 0.25) is 0 Å². The van der Waals surface area contributed by atoms with E-state index < -0.39 is 0 Å². The third-order valence-corrected chi connectivity index (χ3v) is 13.7. The minimum atomic E-state index is -0.0695. The van der Waals surface area contributed by atoms with Crippen molar-refractivity contribution in [2.24, 2.45) is 11.8 Å². The molecule has 282 valence electrons. The van der Waals surface area contributed by atoms with E-state index in [9.17, 15) is 0 Å². The summed E-state index contributed by atoms with van der Waals surface area (Å²) in [6.07, 6.45) is 12.0. The van der Waals surface area contributed by atoms with E-state index in [0.717, 1.165) is 17.8 Å². The molecule has 8 aromatic rings. The molecule has 1 aromatic heterocycles. The molecule has 4 aliphatic rings. The van der Waals surface area contributed by atoms with Crippen LogP contribution in [0.3, 0.4) is 0 Å².